The summed E-state index contributed by atoms with van der Waals surface area (Å²) in [5, 5.41) is 11.7. The van der Waals surface area contributed by atoms with Crippen molar-refractivity contribution in [2.24, 2.45) is 4.99 Å². The quantitative estimate of drug-likeness (QED) is 0.376. The molecule has 9 heteroatoms. The fourth-order valence-electron chi connectivity index (χ4n) is 2.32. The number of benzene rings is 1. The van der Waals surface area contributed by atoms with Crippen molar-refractivity contribution in [3.05, 3.63) is 29.8 Å². The number of rotatable bonds is 8. The summed E-state index contributed by atoms with van der Waals surface area (Å²) in [5.41, 5.74) is -0.178. The standard InChI is InChI=1S/C21H35N5O4/c1-20(2,3)30-19(28)26-21(4,5)14-25-18(22-6)24-13-17(27)23-12-15-8-10-16(29-7)11-9-15/h8-11H,12-14H2,1-7H3,(H,23,27)(H,26,28)(H2,22,24,25). The number of nitrogens with zero attached hydrogens (tertiary/aromatic N) is 1. The molecule has 0 unspecified atom stereocenters. The Morgan fingerprint density at radius 3 is 2.17 bits per heavy atom. The molecule has 0 spiro atoms. The number of methoxy groups -OCH3 is 1. The van der Waals surface area contributed by atoms with E-state index in [4.69, 9.17) is 9.47 Å². The van der Waals surface area contributed by atoms with Crippen LogP contribution in [-0.2, 0) is 16.1 Å². The van der Waals surface area contributed by atoms with Crippen LogP contribution in [-0.4, -0.2) is 56.3 Å². The Bertz CT molecular complexity index is 724. The highest BCUT2D eigenvalue weighted by Crippen LogP contribution is 2.11. The molecule has 1 aromatic carbocycles. The van der Waals surface area contributed by atoms with Gasteiger partial charge in [0.1, 0.15) is 11.4 Å². The van der Waals surface area contributed by atoms with Gasteiger partial charge in [0.25, 0.3) is 0 Å². The Labute approximate surface area is 179 Å². The molecule has 0 atom stereocenters. The first-order chi connectivity index (χ1) is 13.9. The van der Waals surface area contributed by atoms with Crippen molar-refractivity contribution in [1.29, 1.82) is 0 Å². The monoisotopic (exact) mass is 421 g/mol. The highest BCUT2D eigenvalue weighted by atomic mass is 16.6. The van der Waals surface area contributed by atoms with E-state index < -0.39 is 17.2 Å². The number of guanidine groups is 1. The summed E-state index contributed by atoms with van der Waals surface area (Å²) in [6.07, 6.45) is -0.491. The average Bonchev–Trinajstić information content (AvgIpc) is 2.64. The van der Waals surface area contributed by atoms with E-state index in [1.807, 2.05) is 58.9 Å². The molecule has 0 saturated heterocycles. The first kappa shape index (κ1) is 25.1. The van der Waals surface area contributed by atoms with Crippen molar-refractivity contribution >= 4 is 18.0 Å². The molecule has 9 nitrogen and oxygen atoms in total. The van der Waals surface area contributed by atoms with Gasteiger partial charge in [0, 0.05) is 20.1 Å². The van der Waals surface area contributed by atoms with E-state index in [0.717, 1.165) is 11.3 Å². The Morgan fingerprint density at radius 1 is 1.00 bits per heavy atom. The van der Waals surface area contributed by atoms with Gasteiger partial charge in [-0.15, -0.1) is 0 Å². The lowest BCUT2D eigenvalue weighted by molar-refractivity contribution is -0.120. The smallest absolute Gasteiger partial charge is 0.408 e. The van der Waals surface area contributed by atoms with Crippen molar-refractivity contribution in [3.8, 4) is 5.75 Å². The first-order valence-electron chi connectivity index (χ1n) is 9.79. The van der Waals surface area contributed by atoms with E-state index in [2.05, 4.69) is 26.3 Å². The predicted octanol–water partition coefficient (Wildman–Crippen LogP) is 1.78. The molecule has 2 amide bonds. The molecule has 0 aliphatic carbocycles. The molecule has 0 aromatic heterocycles. The van der Waals surface area contributed by atoms with Crippen molar-refractivity contribution in [2.75, 3.05) is 27.2 Å². The molecule has 0 aliphatic heterocycles. The highest BCUT2D eigenvalue weighted by Gasteiger charge is 2.24. The molecule has 30 heavy (non-hydrogen) atoms. The van der Waals surface area contributed by atoms with Crippen LogP contribution in [0.15, 0.2) is 29.3 Å². The molecule has 0 heterocycles. The van der Waals surface area contributed by atoms with Crippen LogP contribution in [0.3, 0.4) is 0 Å². The molecule has 0 bridgehead atoms. The maximum atomic E-state index is 12.1. The number of ether oxygens (including phenoxy) is 2. The van der Waals surface area contributed by atoms with Gasteiger partial charge in [-0.1, -0.05) is 12.1 Å². The van der Waals surface area contributed by atoms with Crippen molar-refractivity contribution in [1.82, 2.24) is 21.3 Å². The van der Waals surface area contributed by atoms with E-state index in [1.165, 1.54) is 0 Å². The molecule has 0 radical (unpaired) electrons. The Morgan fingerprint density at radius 2 is 1.63 bits per heavy atom. The lowest BCUT2D eigenvalue weighted by atomic mass is 10.1. The van der Waals surface area contributed by atoms with Gasteiger partial charge in [-0.2, -0.15) is 0 Å². The fraction of sp³-hybridized carbons (Fsp3) is 0.571. The minimum Gasteiger partial charge on any atom is -0.497 e. The topological polar surface area (TPSA) is 113 Å². The summed E-state index contributed by atoms with van der Waals surface area (Å²) >= 11 is 0. The van der Waals surface area contributed by atoms with Gasteiger partial charge in [-0.3, -0.25) is 9.79 Å². The number of carbonyl (C=O) groups is 2. The Kier molecular flexibility index (Phi) is 9.42. The molecular weight excluding hydrogens is 386 g/mol. The van der Waals surface area contributed by atoms with E-state index in [0.29, 0.717) is 19.0 Å². The third-order valence-corrected chi connectivity index (χ3v) is 3.83. The second kappa shape index (κ2) is 11.3. The summed E-state index contributed by atoms with van der Waals surface area (Å²) in [5.74, 6) is 1.05. The number of hydrogen-bond donors (Lipinski definition) is 4. The summed E-state index contributed by atoms with van der Waals surface area (Å²) in [4.78, 5) is 28.1. The molecule has 1 rings (SSSR count). The van der Waals surface area contributed by atoms with Gasteiger partial charge in [-0.05, 0) is 52.3 Å². The summed E-state index contributed by atoms with van der Waals surface area (Å²) < 4.78 is 10.4. The van der Waals surface area contributed by atoms with E-state index in [1.54, 1.807) is 14.2 Å². The van der Waals surface area contributed by atoms with Gasteiger partial charge in [0.2, 0.25) is 5.91 Å². The van der Waals surface area contributed by atoms with Crippen LogP contribution in [0.2, 0.25) is 0 Å². The molecule has 0 fully saturated rings. The molecule has 0 aliphatic rings. The first-order valence-corrected chi connectivity index (χ1v) is 9.79. The zero-order valence-electron chi connectivity index (χ0n) is 19.0. The number of nitrogens with one attached hydrogen (secondary N) is 4. The van der Waals surface area contributed by atoms with E-state index in [-0.39, 0.29) is 12.5 Å². The molecule has 4 N–H and O–H groups in total. The van der Waals surface area contributed by atoms with Crippen molar-refractivity contribution < 1.29 is 19.1 Å². The average molecular weight is 422 g/mol. The molecular formula is C21H35N5O4. The Hall–Kier alpha value is -2.97. The van der Waals surface area contributed by atoms with Crippen molar-refractivity contribution in [2.45, 2.75) is 52.3 Å². The van der Waals surface area contributed by atoms with Gasteiger partial charge in [0.05, 0.1) is 19.2 Å². The van der Waals surface area contributed by atoms with Crippen molar-refractivity contribution in [3.63, 3.8) is 0 Å². The van der Waals surface area contributed by atoms with E-state index >= 15 is 0 Å². The maximum Gasteiger partial charge on any atom is 0.408 e. The third-order valence-electron chi connectivity index (χ3n) is 3.83. The van der Waals surface area contributed by atoms with Crippen LogP contribution >= 0.6 is 0 Å². The Balaban J connectivity index is 2.38. The van der Waals surface area contributed by atoms with Gasteiger partial charge in [0.15, 0.2) is 5.96 Å². The third kappa shape index (κ3) is 10.5. The van der Waals surface area contributed by atoms with Gasteiger partial charge in [-0.25, -0.2) is 4.79 Å². The van der Waals surface area contributed by atoms with Crippen LogP contribution in [0.5, 0.6) is 5.75 Å². The molecule has 1 aromatic rings. The number of amides is 2. The normalized spacial score (nSPS) is 12.0. The molecule has 0 saturated carbocycles. The van der Waals surface area contributed by atoms with Crippen LogP contribution in [0.1, 0.15) is 40.2 Å². The SMILES string of the molecule is CN=C(NCC(=O)NCc1ccc(OC)cc1)NCC(C)(C)NC(=O)OC(C)(C)C. The van der Waals surface area contributed by atoms with Crippen LogP contribution in [0, 0.1) is 0 Å². The number of hydrogen-bond acceptors (Lipinski definition) is 5. The van der Waals surface area contributed by atoms with Crippen LogP contribution < -0.4 is 26.0 Å². The second-order valence-corrected chi connectivity index (χ2v) is 8.41. The van der Waals surface area contributed by atoms with Crippen LogP contribution in [0.25, 0.3) is 0 Å². The number of aliphatic imine (C=N–C) groups is 1. The van der Waals surface area contributed by atoms with E-state index in [9.17, 15) is 9.59 Å². The summed E-state index contributed by atoms with van der Waals surface area (Å²) in [7, 11) is 3.22. The lowest BCUT2D eigenvalue weighted by Crippen LogP contribution is -2.54. The van der Waals surface area contributed by atoms with Gasteiger partial charge >= 0.3 is 6.09 Å². The minimum atomic E-state index is -0.587. The fourth-order valence-corrected chi connectivity index (χ4v) is 2.32. The zero-order valence-corrected chi connectivity index (χ0v) is 19.0. The maximum absolute atomic E-state index is 12.1. The lowest BCUT2D eigenvalue weighted by Gasteiger charge is -2.29. The highest BCUT2D eigenvalue weighted by molar-refractivity contribution is 5.86. The second-order valence-electron chi connectivity index (χ2n) is 8.41. The largest absolute Gasteiger partial charge is 0.497 e. The predicted molar refractivity (Wildman–Crippen MR) is 118 cm³/mol. The number of carbonyl (C=O) groups excluding carboxylic acids is 2. The zero-order chi connectivity index (χ0) is 22.8. The van der Waals surface area contributed by atoms with Crippen LogP contribution in [0.4, 0.5) is 4.79 Å². The minimum absolute atomic E-state index is 0.0652. The summed E-state index contributed by atoms with van der Waals surface area (Å²) in [6, 6.07) is 7.48. The summed E-state index contributed by atoms with van der Waals surface area (Å²) in [6.45, 7) is 10.0. The number of alkyl carbamates (subject to hydrolysis) is 1. The van der Waals surface area contributed by atoms with Gasteiger partial charge < -0.3 is 30.7 Å². The molecule has 168 valence electrons.